The molecular formula is C29H29F3N8O3. The largest absolute Gasteiger partial charge is 0.474 e. The van der Waals surface area contributed by atoms with Crippen molar-refractivity contribution in [2.45, 2.75) is 61.6 Å². The Hall–Kier alpha value is -4.06. The third-order valence-corrected chi connectivity index (χ3v) is 8.93. The quantitative estimate of drug-likeness (QED) is 0.328. The molecule has 43 heavy (non-hydrogen) atoms. The number of rotatable bonds is 7. The van der Waals surface area contributed by atoms with Crippen molar-refractivity contribution in [1.82, 2.24) is 34.6 Å². The van der Waals surface area contributed by atoms with Crippen LogP contribution in [0.4, 0.5) is 13.2 Å². The molecule has 2 N–H and O–H groups in total. The van der Waals surface area contributed by atoms with Crippen molar-refractivity contribution in [3.8, 4) is 23.2 Å². The molecule has 2 aliphatic heterocycles. The normalized spacial score (nSPS) is 24.3. The van der Waals surface area contributed by atoms with Gasteiger partial charge in [-0.2, -0.15) is 23.5 Å². The highest BCUT2D eigenvalue weighted by atomic mass is 19.4. The Bertz CT molecular complexity index is 1680. The van der Waals surface area contributed by atoms with E-state index in [2.05, 4.69) is 36.0 Å². The fourth-order valence-corrected chi connectivity index (χ4v) is 6.41. The molecule has 3 fully saturated rings. The Balaban J connectivity index is 1.00. The molecule has 0 aromatic carbocycles. The van der Waals surface area contributed by atoms with Gasteiger partial charge in [0.1, 0.15) is 29.4 Å². The third-order valence-electron chi connectivity index (χ3n) is 8.93. The molecule has 3 aliphatic rings. The number of nitrogens with one attached hydrogen (secondary N) is 1. The molecular weight excluding hydrogens is 565 g/mol. The Labute approximate surface area is 244 Å². The van der Waals surface area contributed by atoms with Crippen LogP contribution in [0.3, 0.4) is 0 Å². The van der Waals surface area contributed by atoms with Crippen molar-refractivity contribution in [3.63, 3.8) is 0 Å². The Morgan fingerprint density at radius 2 is 1.98 bits per heavy atom. The zero-order chi connectivity index (χ0) is 29.8. The lowest BCUT2D eigenvalue weighted by Gasteiger charge is -2.52. The average Bonchev–Trinajstić information content (AvgIpc) is 3.64. The van der Waals surface area contributed by atoms with E-state index in [1.54, 1.807) is 6.20 Å². The first-order valence-corrected chi connectivity index (χ1v) is 14.2. The number of likely N-dealkylation sites (tertiary alicyclic amines) is 1. The van der Waals surface area contributed by atoms with Crippen molar-refractivity contribution in [1.29, 1.82) is 5.26 Å². The lowest BCUT2D eigenvalue weighted by Crippen LogP contribution is -2.58. The van der Waals surface area contributed by atoms with E-state index >= 15 is 0 Å². The number of alkyl halides is 3. The van der Waals surface area contributed by atoms with E-state index in [4.69, 9.17) is 9.47 Å². The predicted molar refractivity (Wildman–Crippen MR) is 146 cm³/mol. The standard InChI is InChI=1S/C29H29F3N8O3/c30-29(31,32)23-9-19(28(41)15-42-16-28)10-24(38-23)43-21-2-7-39(8-3-21)20-11-27(12-20,4-5-33)40-14-18(13-37-40)25-22-1-6-34-26(22)36-17-35-25/h1,6,9-10,13-14,17,20-21,41H,2-4,7-8,11-12,15-16H2,(H,34,35,36)/t20-,27-. The van der Waals surface area contributed by atoms with E-state index < -0.39 is 23.0 Å². The van der Waals surface area contributed by atoms with Gasteiger partial charge < -0.3 is 19.6 Å². The molecule has 0 spiro atoms. The molecule has 1 aliphatic carbocycles. The van der Waals surface area contributed by atoms with Crippen LogP contribution >= 0.6 is 0 Å². The van der Waals surface area contributed by atoms with Crippen LogP contribution in [0, 0.1) is 11.3 Å². The minimum atomic E-state index is -4.67. The first-order valence-electron chi connectivity index (χ1n) is 14.2. The molecule has 0 atom stereocenters. The predicted octanol–water partition coefficient (Wildman–Crippen LogP) is 3.77. The van der Waals surface area contributed by atoms with Gasteiger partial charge in [-0.05, 0) is 43.4 Å². The number of piperidine rings is 1. The maximum Gasteiger partial charge on any atom is 0.433 e. The summed E-state index contributed by atoms with van der Waals surface area (Å²) >= 11 is 0. The molecule has 6 heterocycles. The summed E-state index contributed by atoms with van der Waals surface area (Å²) in [5.41, 5.74) is -0.512. The average molecular weight is 595 g/mol. The first kappa shape index (κ1) is 27.8. The molecule has 7 rings (SSSR count). The summed E-state index contributed by atoms with van der Waals surface area (Å²) in [4.78, 5) is 17.8. The third kappa shape index (κ3) is 5.01. The number of aromatic amines is 1. The van der Waals surface area contributed by atoms with Crippen LogP contribution in [0.25, 0.3) is 22.3 Å². The number of nitriles is 1. The molecule has 4 aromatic heterocycles. The Morgan fingerprint density at radius 3 is 2.67 bits per heavy atom. The lowest BCUT2D eigenvalue weighted by atomic mass is 9.69. The van der Waals surface area contributed by atoms with Gasteiger partial charge in [0.15, 0.2) is 0 Å². The number of aromatic nitrogens is 6. The number of hydrogen-bond donors (Lipinski definition) is 2. The first-order chi connectivity index (χ1) is 20.7. The van der Waals surface area contributed by atoms with E-state index in [-0.39, 0.29) is 36.8 Å². The maximum atomic E-state index is 13.5. The fraction of sp³-hybridized carbons (Fsp3) is 0.483. The topological polar surface area (TPSA) is 138 Å². The van der Waals surface area contributed by atoms with E-state index in [0.29, 0.717) is 32.4 Å². The van der Waals surface area contributed by atoms with Crippen LogP contribution in [-0.4, -0.2) is 78.2 Å². The van der Waals surface area contributed by atoms with Crippen LogP contribution < -0.4 is 4.74 Å². The molecule has 224 valence electrons. The Kier molecular flexibility index (Phi) is 6.64. The highest BCUT2D eigenvalue weighted by Gasteiger charge is 2.49. The minimum Gasteiger partial charge on any atom is -0.474 e. The molecule has 1 saturated carbocycles. The maximum absolute atomic E-state index is 13.5. The molecule has 4 aromatic rings. The Morgan fingerprint density at radius 1 is 1.19 bits per heavy atom. The number of pyridine rings is 1. The van der Waals surface area contributed by atoms with E-state index in [0.717, 1.165) is 41.2 Å². The van der Waals surface area contributed by atoms with Gasteiger partial charge in [-0.3, -0.25) is 9.58 Å². The van der Waals surface area contributed by atoms with Crippen molar-refractivity contribution in [3.05, 3.63) is 54.4 Å². The zero-order valence-corrected chi connectivity index (χ0v) is 23.1. The van der Waals surface area contributed by atoms with Crippen molar-refractivity contribution in [2.75, 3.05) is 26.3 Å². The van der Waals surface area contributed by atoms with Gasteiger partial charge >= 0.3 is 6.18 Å². The summed E-state index contributed by atoms with van der Waals surface area (Å²) in [5, 5.41) is 25.8. The number of ether oxygens (including phenoxy) is 2. The zero-order valence-electron chi connectivity index (χ0n) is 23.1. The molecule has 0 radical (unpaired) electrons. The van der Waals surface area contributed by atoms with E-state index in [1.165, 1.54) is 12.4 Å². The number of hydrogen-bond acceptors (Lipinski definition) is 9. The molecule has 2 saturated heterocycles. The highest BCUT2D eigenvalue weighted by molar-refractivity contribution is 5.90. The second-order valence-electron chi connectivity index (χ2n) is 11.7. The fourth-order valence-electron chi connectivity index (χ4n) is 6.41. The number of halogens is 3. The van der Waals surface area contributed by atoms with Crippen LogP contribution in [0.1, 0.15) is 43.4 Å². The van der Waals surface area contributed by atoms with Gasteiger partial charge in [0.25, 0.3) is 0 Å². The smallest absolute Gasteiger partial charge is 0.433 e. The summed E-state index contributed by atoms with van der Waals surface area (Å²) in [7, 11) is 0. The minimum absolute atomic E-state index is 0.0713. The van der Waals surface area contributed by atoms with Gasteiger partial charge in [0.05, 0.1) is 43.1 Å². The van der Waals surface area contributed by atoms with Crippen molar-refractivity contribution >= 4 is 11.0 Å². The highest BCUT2D eigenvalue weighted by Crippen LogP contribution is 2.46. The second-order valence-corrected chi connectivity index (χ2v) is 11.7. The van der Waals surface area contributed by atoms with Gasteiger partial charge in [-0.25, -0.2) is 15.0 Å². The summed E-state index contributed by atoms with van der Waals surface area (Å²) in [5.74, 6) is -0.143. The van der Waals surface area contributed by atoms with Crippen LogP contribution in [0.15, 0.2) is 43.1 Å². The molecule has 11 nitrogen and oxygen atoms in total. The molecule has 14 heteroatoms. The summed E-state index contributed by atoms with van der Waals surface area (Å²) in [6, 6.07) is 6.76. The summed E-state index contributed by atoms with van der Waals surface area (Å²) in [6.07, 6.45) is 5.16. The number of fused-ring (bicyclic) bond motifs is 1. The SMILES string of the molecule is N#CC[C@]1(n2cc(-c3ncnc4[nH]ccc34)cn2)C[C@H](N2CCC(Oc3cc(C4(O)COC4)cc(C(F)(F)F)n3)CC2)C1. The molecule has 0 amide bonds. The molecule has 0 bridgehead atoms. The lowest BCUT2D eigenvalue weighted by molar-refractivity contribution is -0.185. The summed E-state index contributed by atoms with van der Waals surface area (Å²) < 4.78 is 53.4. The number of aliphatic hydroxyl groups is 1. The van der Waals surface area contributed by atoms with Crippen LogP contribution in [0.5, 0.6) is 5.88 Å². The van der Waals surface area contributed by atoms with E-state index in [1.807, 2.05) is 23.1 Å². The second kappa shape index (κ2) is 10.3. The summed E-state index contributed by atoms with van der Waals surface area (Å²) in [6.45, 7) is 1.27. The molecule has 0 unspecified atom stereocenters. The monoisotopic (exact) mass is 594 g/mol. The van der Waals surface area contributed by atoms with Crippen molar-refractivity contribution < 1.29 is 27.8 Å². The van der Waals surface area contributed by atoms with Gasteiger partial charge in [-0.1, -0.05) is 0 Å². The van der Waals surface area contributed by atoms with E-state index in [9.17, 15) is 23.5 Å². The van der Waals surface area contributed by atoms with Gasteiger partial charge in [0, 0.05) is 48.5 Å². The number of H-pyrrole nitrogens is 1. The van der Waals surface area contributed by atoms with Crippen molar-refractivity contribution in [2.24, 2.45) is 0 Å². The van der Waals surface area contributed by atoms with Crippen LogP contribution in [-0.2, 0) is 22.1 Å². The van der Waals surface area contributed by atoms with Crippen LogP contribution in [0.2, 0.25) is 0 Å². The van der Waals surface area contributed by atoms with Gasteiger partial charge in [0.2, 0.25) is 5.88 Å². The number of nitrogens with zero attached hydrogens (tertiary/aromatic N) is 7. The van der Waals surface area contributed by atoms with Gasteiger partial charge in [-0.15, -0.1) is 0 Å².